The van der Waals surface area contributed by atoms with Crippen LogP contribution in [0.2, 0.25) is 0 Å². The molecule has 10 heavy (non-hydrogen) atoms. The maximum absolute atomic E-state index is 10.8. The van der Waals surface area contributed by atoms with Gasteiger partial charge in [-0.1, -0.05) is 0 Å². The average Bonchev–Trinajstić information content (AvgIpc) is 1.88. The number of carbonyl (C=O) groups is 1. The summed E-state index contributed by atoms with van der Waals surface area (Å²) in [5.74, 6) is 0.0804. The van der Waals surface area contributed by atoms with E-state index in [1.54, 1.807) is 7.11 Å². The van der Waals surface area contributed by atoms with E-state index in [4.69, 9.17) is 4.74 Å². The predicted octanol–water partition coefficient (Wildman–Crippen LogP) is 0.627. The Labute approximate surface area is 61.3 Å². The summed E-state index contributed by atoms with van der Waals surface area (Å²) in [6, 6.07) is 0. The van der Waals surface area contributed by atoms with E-state index >= 15 is 0 Å². The van der Waals surface area contributed by atoms with Crippen LogP contribution in [0.25, 0.3) is 0 Å². The number of rotatable bonds is 5. The van der Waals surface area contributed by atoms with Crippen molar-refractivity contribution >= 4 is 5.78 Å². The summed E-state index contributed by atoms with van der Waals surface area (Å²) >= 11 is 0. The normalized spacial score (nSPS) is 13.1. The van der Waals surface area contributed by atoms with Crippen LogP contribution in [0, 0.1) is 0 Å². The molecule has 0 rings (SSSR count). The van der Waals surface area contributed by atoms with Crippen LogP contribution in [0.3, 0.4) is 0 Å². The molecule has 3 heteroatoms. The predicted molar refractivity (Wildman–Crippen MR) is 38.0 cm³/mol. The summed E-state index contributed by atoms with van der Waals surface area (Å²) in [6.45, 7) is 2.04. The first-order valence-corrected chi connectivity index (χ1v) is 3.24. The molecule has 0 unspecified atom stereocenters. The monoisotopic (exact) mass is 146 g/mol. The summed E-state index contributed by atoms with van der Waals surface area (Å²) in [4.78, 5) is 10.8. The second kappa shape index (κ2) is 5.38. The van der Waals surface area contributed by atoms with Crippen LogP contribution in [-0.2, 0) is 14.3 Å². The van der Waals surface area contributed by atoms with E-state index in [0.717, 1.165) is 0 Å². The van der Waals surface area contributed by atoms with Gasteiger partial charge in [0, 0.05) is 20.6 Å². The van der Waals surface area contributed by atoms with Crippen molar-refractivity contribution in [2.24, 2.45) is 0 Å². The second-order valence-electron chi connectivity index (χ2n) is 2.22. The van der Waals surface area contributed by atoms with Crippen LogP contribution in [0.1, 0.15) is 13.3 Å². The number of carbonyl (C=O) groups excluding carboxylic acids is 1. The van der Waals surface area contributed by atoms with Crippen molar-refractivity contribution in [3.05, 3.63) is 0 Å². The van der Waals surface area contributed by atoms with Crippen molar-refractivity contribution in [1.82, 2.24) is 0 Å². The number of ether oxygens (including phenoxy) is 2. The van der Waals surface area contributed by atoms with Crippen LogP contribution < -0.4 is 0 Å². The van der Waals surface area contributed by atoms with Crippen LogP contribution in [-0.4, -0.2) is 32.7 Å². The van der Waals surface area contributed by atoms with Gasteiger partial charge in [0.25, 0.3) is 0 Å². The Bertz CT molecular complexity index is 101. The molecule has 0 saturated heterocycles. The van der Waals surface area contributed by atoms with Gasteiger partial charge in [-0.2, -0.15) is 0 Å². The third-order valence-corrected chi connectivity index (χ3v) is 1.22. The summed E-state index contributed by atoms with van der Waals surface area (Å²) in [5, 5.41) is 0. The highest BCUT2D eigenvalue weighted by Gasteiger charge is 2.06. The molecule has 0 aliphatic heterocycles. The first kappa shape index (κ1) is 9.59. The first-order chi connectivity index (χ1) is 4.70. The average molecular weight is 146 g/mol. The Morgan fingerprint density at radius 2 is 2.10 bits per heavy atom. The van der Waals surface area contributed by atoms with Gasteiger partial charge in [-0.3, -0.25) is 4.79 Å². The third-order valence-electron chi connectivity index (χ3n) is 1.22. The minimum atomic E-state index is 0.00245. The second-order valence-corrected chi connectivity index (χ2v) is 2.22. The number of Topliss-reactive ketones (excluding diaryl/α,β-unsaturated/α-hetero) is 1. The van der Waals surface area contributed by atoms with Crippen molar-refractivity contribution in [2.45, 2.75) is 19.4 Å². The van der Waals surface area contributed by atoms with Crippen molar-refractivity contribution in [3.63, 3.8) is 0 Å². The van der Waals surface area contributed by atoms with E-state index in [0.29, 0.717) is 6.42 Å². The lowest BCUT2D eigenvalue weighted by Gasteiger charge is -2.06. The molecule has 0 aromatic rings. The molecular formula is C7H14O3. The third kappa shape index (κ3) is 4.47. The van der Waals surface area contributed by atoms with E-state index in [9.17, 15) is 4.79 Å². The molecule has 0 fully saturated rings. The molecule has 0 aliphatic carbocycles. The molecule has 0 aromatic heterocycles. The van der Waals surface area contributed by atoms with E-state index in [1.807, 2.05) is 6.92 Å². The van der Waals surface area contributed by atoms with Crippen LogP contribution in [0.4, 0.5) is 0 Å². The minimum Gasteiger partial charge on any atom is -0.381 e. The van der Waals surface area contributed by atoms with E-state index in [1.165, 1.54) is 7.11 Å². The molecule has 1 atom stereocenters. The quantitative estimate of drug-likeness (QED) is 0.570. The Kier molecular flexibility index (Phi) is 5.16. The highest BCUT2D eigenvalue weighted by molar-refractivity contribution is 5.80. The van der Waals surface area contributed by atoms with E-state index in [2.05, 4.69) is 4.74 Å². The van der Waals surface area contributed by atoms with Gasteiger partial charge in [0.15, 0.2) is 5.78 Å². The Balaban J connectivity index is 3.37. The van der Waals surface area contributed by atoms with Crippen LogP contribution in [0.5, 0.6) is 0 Å². The number of methoxy groups -OCH3 is 2. The molecule has 0 N–H and O–H groups in total. The largest absolute Gasteiger partial charge is 0.381 e. The van der Waals surface area contributed by atoms with Gasteiger partial charge in [-0.05, 0) is 6.92 Å². The van der Waals surface area contributed by atoms with Gasteiger partial charge in [-0.15, -0.1) is 0 Å². The fourth-order valence-corrected chi connectivity index (χ4v) is 0.624. The summed E-state index contributed by atoms with van der Waals surface area (Å²) in [7, 11) is 3.10. The molecule has 0 bridgehead atoms. The Morgan fingerprint density at radius 1 is 1.50 bits per heavy atom. The SMILES string of the molecule is COCC(=O)C[C@@H](C)OC. The smallest absolute Gasteiger partial charge is 0.161 e. The summed E-state index contributed by atoms with van der Waals surface area (Å²) < 4.78 is 9.53. The van der Waals surface area contributed by atoms with Crippen LogP contribution >= 0.6 is 0 Å². The van der Waals surface area contributed by atoms with Gasteiger partial charge < -0.3 is 9.47 Å². The first-order valence-electron chi connectivity index (χ1n) is 3.24. The molecule has 3 nitrogen and oxygen atoms in total. The molecule has 0 aliphatic rings. The van der Waals surface area contributed by atoms with Gasteiger partial charge in [0.1, 0.15) is 6.61 Å². The minimum absolute atomic E-state index is 0.00245. The molecule has 0 heterocycles. The standard InChI is InChI=1S/C7H14O3/c1-6(10-3)4-7(8)5-9-2/h6H,4-5H2,1-3H3/t6-/m1/s1. The summed E-state index contributed by atoms with van der Waals surface area (Å²) in [6.07, 6.45) is 0.437. The highest BCUT2D eigenvalue weighted by atomic mass is 16.5. The zero-order chi connectivity index (χ0) is 7.98. The maximum atomic E-state index is 10.8. The molecule has 0 aromatic carbocycles. The van der Waals surface area contributed by atoms with Crippen molar-refractivity contribution in [1.29, 1.82) is 0 Å². The molecule has 0 amide bonds. The van der Waals surface area contributed by atoms with E-state index < -0.39 is 0 Å². The maximum Gasteiger partial charge on any atom is 0.161 e. The number of hydrogen-bond acceptors (Lipinski definition) is 3. The van der Waals surface area contributed by atoms with Crippen LogP contribution in [0.15, 0.2) is 0 Å². The van der Waals surface area contributed by atoms with Crippen molar-refractivity contribution in [3.8, 4) is 0 Å². The zero-order valence-electron chi connectivity index (χ0n) is 6.72. The molecule has 60 valence electrons. The number of hydrogen-bond donors (Lipinski definition) is 0. The molecule has 0 spiro atoms. The van der Waals surface area contributed by atoms with Gasteiger partial charge in [-0.25, -0.2) is 0 Å². The number of ketones is 1. The highest BCUT2D eigenvalue weighted by Crippen LogP contribution is 1.95. The fourth-order valence-electron chi connectivity index (χ4n) is 0.624. The van der Waals surface area contributed by atoms with E-state index in [-0.39, 0.29) is 18.5 Å². The Morgan fingerprint density at radius 3 is 2.50 bits per heavy atom. The molecular weight excluding hydrogens is 132 g/mol. The molecule has 0 radical (unpaired) electrons. The summed E-state index contributed by atoms with van der Waals surface area (Å²) in [5.41, 5.74) is 0. The lowest BCUT2D eigenvalue weighted by Crippen LogP contribution is -2.15. The fraction of sp³-hybridized carbons (Fsp3) is 0.857. The Hall–Kier alpha value is -0.410. The van der Waals surface area contributed by atoms with Gasteiger partial charge in [0.2, 0.25) is 0 Å². The van der Waals surface area contributed by atoms with Gasteiger partial charge >= 0.3 is 0 Å². The van der Waals surface area contributed by atoms with Crippen molar-refractivity contribution in [2.75, 3.05) is 20.8 Å². The lowest BCUT2D eigenvalue weighted by molar-refractivity contribution is -0.124. The van der Waals surface area contributed by atoms with Gasteiger partial charge in [0.05, 0.1) is 6.10 Å². The topological polar surface area (TPSA) is 35.5 Å². The lowest BCUT2D eigenvalue weighted by atomic mass is 10.2. The zero-order valence-corrected chi connectivity index (χ0v) is 6.72. The van der Waals surface area contributed by atoms with Crippen molar-refractivity contribution < 1.29 is 14.3 Å². The molecule has 0 saturated carbocycles.